The number of carboxylic acids is 1. The van der Waals surface area contributed by atoms with Gasteiger partial charge in [0.05, 0.1) is 0 Å². The fraction of sp³-hybridized carbons (Fsp3) is 0.173. The van der Waals surface area contributed by atoms with E-state index < -0.39 is 60.4 Å². The number of ether oxygens (including phenoxy) is 1. The van der Waals surface area contributed by atoms with Gasteiger partial charge >= 0.3 is 5.97 Å². The third-order valence-electron chi connectivity index (χ3n) is 11.0. The fourth-order valence-corrected chi connectivity index (χ4v) is 7.43. The zero-order chi connectivity index (χ0) is 44.1. The number of aliphatic carboxylic acids is 1. The van der Waals surface area contributed by atoms with E-state index in [9.17, 15) is 29.1 Å². The normalized spacial score (nSPS) is 18.5. The summed E-state index contributed by atoms with van der Waals surface area (Å²) in [5, 5.41) is 21.3. The molecule has 63 heavy (non-hydrogen) atoms. The van der Waals surface area contributed by atoms with Crippen molar-refractivity contribution >= 4 is 35.2 Å². The number of benzene rings is 6. The van der Waals surface area contributed by atoms with Crippen LogP contribution in [0, 0.1) is 0 Å². The van der Waals surface area contributed by atoms with Gasteiger partial charge in [-0.3, -0.25) is 19.2 Å². The van der Waals surface area contributed by atoms with Crippen LogP contribution in [0.3, 0.4) is 0 Å². The van der Waals surface area contributed by atoms with E-state index >= 15 is 0 Å². The highest BCUT2D eigenvalue weighted by molar-refractivity contribution is 6.01. The molecule has 11 heteroatoms. The second-order valence-corrected chi connectivity index (χ2v) is 15.4. The smallest absolute Gasteiger partial charge is 0.326 e. The third-order valence-corrected chi connectivity index (χ3v) is 11.0. The summed E-state index contributed by atoms with van der Waals surface area (Å²) in [5.74, 6) is -3.66. The molecule has 6 aromatic carbocycles. The van der Waals surface area contributed by atoms with Gasteiger partial charge in [0.2, 0.25) is 17.7 Å². The van der Waals surface area contributed by atoms with Crippen molar-refractivity contribution in [3.8, 4) is 28.0 Å². The minimum Gasteiger partial charge on any atom is -0.484 e. The highest BCUT2D eigenvalue weighted by Crippen LogP contribution is 2.25. The number of carboxylic acid groups (broad SMARTS) is 1. The molecular formula is C52H48N4O7. The van der Waals surface area contributed by atoms with Gasteiger partial charge in [-0.15, -0.1) is 0 Å². The van der Waals surface area contributed by atoms with E-state index in [2.05, 4.69) is 27.8 Å². The van der Waals surface area contributed by atoms with Crippen molar-refractivity contribution in [2.75, 3.05) is 6.61 Å². The van der Waals surface area contributed by atoms with E-state index in [0.29, 0.717) is 28.9 Å². The number of amides is 4. The second kappa shape index (κ2) is 20.7. The summed E-state index contributed by atoms with van der Waals surface area (Å²) < 4.78 is 5.77. The monoisotopic (exact) mass is 840 g/mol. The van der Waals surface area contributed by atoms with Crippen LogP contribution in [0.1, 0.15) is 28.7 Å². The molecule has 0 saturated carbocycles. The standard InChI is InChI=1S/C52H48N4O7/c1-34(38-24-26-42(27-25-38)40-15-9-4-10-16-40)48-51(60)54-45(31-36-17-22-41(23-18-36)39-13-7-3-8-14-39)50(59)53-44(30-21-35-11-5-2-6-12-35)49(58)55-46(52(61)62)32-37-19-28-43(29-20-37)63-33-47(57)56-48/h2-20,22-29,44-46,48H,1,21,30-33H2,(H,53,59)(H,54,60)(H,55,58)(H,56,57)(H,61,62). The predicted molar refractivity (Wildman–Crippen MR) is 242 cm³/mol. The average molecular weight is 841 g/mol. The average Bonchev–Trinajstić information content (AvgIpc) is 3.32. The van der Waals surface area contributed by atoms with Crippen molar-refractivity contribution in [2.45, 2.75) is 49.9 Å². The van der Waals surface area contributed by atoms with Crippen LogP contribution in [0.15, 0.2) is 170 Å². The first-order valence-corrected chi connectivity index (χ1v) is 20.8. The summed E-state index contributed by atoms with van der Waals surface area (Å²) in [5.41, 5.74) is 6.94. The Bertz CT molecular complexity index is 2530. The molecule has 0 spiro atoms. The Kier molecular flexibility index (Phi) is 14.2. The number of carbonyl (C=O) groups is 5. The van der Waals surface area contributed by atoms with Gasteiger partial charge in [0.1, 0.15) is 29.9 Å². The topological polar surface area (TPSA) is 163 Å². The quantitative estimate of drug-likeness (QED) is 0.0976. The van der Waals surface area contributed by atoms with Crippen molar-refractivity contribution in [3.63, 3.8) is 0 Å². The molecule has 0 saturated heterocycles. The molecule has 2 aliphatic rings. The highest BCUT2D eigenvalue weighted by atomic mass is 16.5. The van der Waals surface area contributed by atoms with E-state index in [0.717, 1.165) is 27.8 Å². The van der Waals surface area contributed by atoms with Gasteiger partial charge in [0, 0.05) is 12.8 Å². The molecule has 0 fully saturated rings. The van der Waals surface area contributed by atoms with Crippen LogP contribution in [-0.4, -0.2) is 65.5 Å². The van der Waals surface area contributed by atoms with Crippen molar-refractivity contribution in [1.82, 2.24) is 21.3 Å². The largest absolute Gasteiger partial charge is 0.484 e. The molecule has 11 nitrogen and oxygen atoms in total. The number of carbonyl (C=O) groups excluding carboxylic acids is 4. The highest BCUT2D eigenvalue weighted by Gasteiger charge is 2.33. The lowest BCUT2D eigenvalue weighted by Crippen LogP contribution is -2.58. The van der Waals surface area contributed by atoms with Crippen LogP contribution in [-0.2, 0) is 43.2 Å². The molecule has 5 N–H and O–H groups in total. The number of hydrogen-bond donors (Lipinski definition) is 5. The summed E-state index contributed by atoms with van der Waals surface area (Å²) in [6.07, 6.45) is 0.455. The maximum atomic E-state index is 14.6. The lowest BCUT2D eigenvalue weighted by atomic mass is 9.95. The van der Waals surface area contributed by atoms with Crippen LogP contribution in [0.2, 0.25) is 0 Å². The third kappa shape index (κ3) is 11.7. The zero-order valence-corrected chi connectivity index (χ0v) is 34.5. The van der Waals surface area contributed by atoms with Crippen molar-refractivity contribution in [1.29, 1.82) is 0 Å². The van der Waals surface area contributed by atoms with E-state index in [-0.39, 0.29) is 24.8 Å². The molecule has 2 aliphatic heterocycles. The molecule has 2 bridgehead atoms. The van der Waals surface area contributed by atoms with Crippen molar-refractivity contribution in [2.24, 2.45) is 0 Å². The molecule has 4 atom stereocenters. The Morgan fingerprint density at radius 1 is 0.571 bits per heavy atom. The first-order chi connectivity index (χ1) is 30.6. The summed E-state index contributed by atoms with van der Waals surface area (Å²) in [6, 6.07) is 45.3. The zero-order valence-electron chi connectivity index (χ0n) is 34.5. The predicted octanol–water partition coefficient (Wildman–Crippen LogP) is 6.57. The Morgan fingerprint density at radius 3 is 1.68 bits per heavy atom. The molecule has 8 rings (SSSR count). The number of fused-ring (bicyclic) bond motifs is 16. The Morgan fingerprint density at radius 2 is 1.10 bits per heavy atom. The molecule has 4 unspecified atom stereocenters. The van der Waals surface area contributed by atoms with Gasteiger partial charge < -0.3 is 31.1 Å². The summed E-state index contributed by atoms with van der Waals surface area (Å²) in [4.78, 5) is 69.4. The van der Waals surface area contributed by atoms with E-state index in [1.165, 1.54) is 0 Å². The van der Waals surface area contributed by atoms with E-state index in [1.807, 2.05) is 140 Å². The Balaban J connectivity index is 1.23. The van der Waals surface area contributed by atoms with Crippen LogP contribution in [0.4, 0.5) is 0 Å². The molecule has 0 aliphatic carbocycles. The molecule has 0 aromatic heterocycles. The van der Waals surface area contributed by atoms with Crippen LogP contribution >= 0.6 is 0 Å². The van der Waals surface area contributed by atoms with Gasteiger partial charge in [-0.05, 0) is 75.1 Å². The van der Waals surface area contributed by atoms with E-state index in [4.69, 9.17) is 4.74 Å². The first-order valence-electron chi connectivity index (χ1n) is 20.8. The first kappa shape index (κ1) is 43.3. The van der Waals surface area contributed by atoms with Crippen molar-refractivity contribution in [3.05, 3.63) is 193 Å². The minimum absolute atomic E-state index is 0.00736. The SMILES string of the molecule is C=C(c1ccc(-c2ccccc2)cc1)C1NC(=O)COc2ccc(cc2)CC(C(=O)O)NC(=O)C(CCc2ccccc2)NC(=O)C(Cc2ccc(-c3ccccc3)cc2)NC1=O. The minimum atomic E-state index is -1.35. The number of hydrogen-bond acceptors (Lipinski definition) is 6. The second-order valence-electron chi connectivity index (χ2n) is 15.4. The lowest BCUT2D eigenvalue weighted by molar-refractivity contribution is -0.142. The maximum Gasteiger partial charge on any atom is 0.326 e. The molecule has 4 amide bonds. The number of rotatable bonds is 10. The van der Waals surface area contributed by atoms with E-state index in [1.54, 1.807) is 24.3 Å². The molecular weight excluding hydrogens is 793 g/mol. The maximum absolute atomic E-state index is 14.6. The van der Waals surface area contributed by atoms with Gasteiger partial charge in [-0.1, -0.05) is 158 Å². The number of aryl methyl sites for hydroxylation is 1. The van der Waals surface area contributed by atoms with Crippen molar-refractivity contribution < 1.29 is 33.8 Å². The van der Waals surface area contributed by atoms with Crippen LogP contribution < -0.4 is 26.0 Å². The lowest BCUT2D eigenvalue weighted by Gasteiger charge is -2.27. The molecule has 6 aromatic rings. The molecule has 318 valence electrons. The number of nitrogens with one attached hydrogen (secondary N) is 4. The van der Waals surface area contributed by atoms with Gasteiger partial charge in [-0.25, -0.2) is 4.79 Å². The van der Waals surface area contributed by atoms with Crippen LogP contribution in [0.25, 0.3) is 27.8 Å². The summed E-state index contributed by atoms with van der Waals surface area (Å²) in [7, 11) is 0. The molecule has 2 heterocycles. The Hall–Kier alpha value is -7.79. The summed E-state index contributed by atoms with van der Waals surface area (Å²) in [6.45, 7) is 3.79. The van der Waals surface area contributed by atoms with Gasteiger partial charge in [0.25, 0.3) is 5.91 Å². The van der Waals surface area contributed by atoms with Gasteiger partial charge in [0.15, 0.2) is 6.61 Å². The summed E-state index contributed by atoms with van der Waals surface area (Å²) >= 11 is 0. The van der Waals surface area contributed by atoms with Crippen LogP contribution in [0.5, 0.6) is 5.75 Å². The van der Waals surface area contributed by atoms with Gasteiger partial charge in [-0.2, -0.15) is 0 Å². The molecule has 0 radical (unpaired) electrons. The fourth-order valence-electron chi connectivity index (χ4n) is 7.43. The Labute approximate surface area is 366 Å².